The van der Waals surface area contributed by atoms with Gasteiger partial charge < -0.3 is 5.11 Å². The van der Waals surface area contributed by atoms with E-state index in [-0.39, 0.29) is 6.54 Å². The van der Waals surface area contributed by atoms with E-state index in [2.05, 4.69) is 4.99 Å². The van der Waals surface area contributed by atoms with Gasteiger partial charge in [-0.3, -0.25) is 4.48 Å². The van der Waals surface area contributed by atoms with Crippen LogP contribution in [0, 0.1) is 0 Å². The molecule has 0 spiro atoms. The molecule has 4 nitrogen and oxygen atoms in total. The number of hydrogen-bond acceptors (Lipinski definition) is 2. The standard InChI is InChI=1S/C7H12N2O2/c1-2-9(5-7(10)11)4-3-8-6-9/h6H,2-5H2,1H3/p+1. The summed E-state index contributed by atoms with van der Waals surface area (Å²) in [5.41, 5.74) is 0. The van der Waals surface area contributed by atoms with Gasteiger partial charge >= 0.3 is 5.97 Å². The SMILES string of the molecule is CC[N+]1(CC(=O)O)C=NCC1. The van der Waals surface area contributed by atoms with E-state index in [0.717, 1.165) is 19.6 Å². The fourth-order valence-corrected chi connectivity index (χ4v) is 1.29. The molecule has 0 bridgehead atoms. The van der Waals surface area contributed by atoms with Crippen molar-refractivity contribution < 1.29 is 14.4 Å². The number of carboxylic acids is 1. The number of hydrogen-bond donors (Lipinski definition) is 1. The van der Waals surface area contributed by atoms with Gasteiger partial charge in [0.25, 0.3) is 0 Å². The number of aliphatic carboxylic acids is 1. The Bertz CT molecular complexity index is 191. The summed E-state index contributed by atoms with van der Waals surface area (Å²) in [6.45, 7) is 4.57. The van der Waals surface area contributed by atoms with Gasteiger partial charge in [0.15, 0.2) is 12.9 Å². The summed E-state index contributed by atoms with van der Waals surface area (Å²) in [5.74, 6) is -0.750. The molecule has 0 aliphatic carbocycles. The topological polar surface area (TPSA) is 49.7 Å². The second-order valence-electron chi connectivity index (χ2n) is 2.83. The molecule has 1 atom stereocenters. The monoisotopic (exact) mass is 157 g/mol. The number of nitrogens with zero attached hydrogens (tertiary/aromatic N) is 2. The van der Waals surface area contributed by atoms with Gasteiger partial charge in [-0.1, -0.05) is 0 Å². The minimum Gasteiger partial charge on any atom is -0.477 e. The molecule has 0 aromatic carbocycles. The Labute approximate surface area is 65.7 Å². The third-order valence-electron chi connectivity index (χ3n) is 2.08. The first kappa shape index (κ1) is 8.20. The van der Waals surface area contributed by atoms with Crippen LogP contribution in [0.3, 0.4) is 0 Å². The first-order chi connectivity index (χ1) is 5.18. The molecule has 1 aliphatic rings. The number of rotatable bonds is 3. The molecule has 1 heterocycles. The van der Waals surface area contributed by atoms with Crippen molar-refractivity contribution in [1.29, 1.82) is 0 Å². The third kappa shape index (κ3) is 1.77. The number of aliphatic imine (C=N–C) groups is 1. The maximum Gasteiger partial charge on any atom is 0.359 e. The summed E-state index contributed by atoms with van der Waals surface area (Å²) in [6, 6.07) is 0. The number of likely N-dealkylation sites (N-methyl/N-ethyl adjacent to an activating group) is 1. The summed E-state index contributed by atoms with van der Waals surface area (Å²) in [5, 5.41) is 8.59. The lowest BCUT2D eigenvalue weighted by atomic mass is 10.4. The van der Waals surface area contributed by atoms with E-state index >= 15 is 0 Å². The average Bonchev–Trinajstić information content (AvgIpc) is 2.36. The van der Waals surface area contributed by atoms with Crippen molar-refractivity contribution in [2.45, 2.75) is 6.92 Å². The lowest BCUT2D eigenvalue weighted by Gasteiger charge is -2.26. The smallest absolute Gasteiger partial charge is 0.359 e. The predicted octanol–water partition coefficient (Wildman–Crippen LogP) is -0.0504. The van der Waals surface area contributed by atoms with E-state index in [1.165, 1.54) is 0 Å². The Balaban J connectivity index is 2.60. The van der Waals surface area contributed by atoms with E-state index in [4.69, 9.17) is 5.11 Å². The average molecular weight is 157 g/mol. The minimum absolute atomic E-state index is 0.167. The van der Waals surface area contributed by atoms with E-state index in [1.54, 1.807) is 6.34 Å². The van der Waals surface area contributed by atoms with Crippen LogP contribution in [0.25, 0.3) is 0 Å². The van der Waals surface area contributed by atoms with Crippen LogP contribution in [-0.4, -0.2) is 48.1 Å². The zero-order valence-electron chi connectivity index (χ0n) is 6.66. The highest BCUT2D eigenvalue weighted by atomic mass is 16.4. The lowest BCUT2D eigenvalue weighted by Crippen LogP contribution is -2.48. The first-order valence-electron chi connectivity index (χ1n) is 3.77. The van der Waals surface area contributed by atoms with E-state index in [1.807, 2.05) is 6.92 Å². The molecule has 0 fully saturated rings. The Hall–Kier alpha value is -0.900. The van der Waals surface area contributed by atoms with Gasteiger partial charge in [-0.05, 0) is 6.92 Å². The molecule has 0 aromatic heterocycles. The van der Waals surface area contributed by atoms with Gasteiger partial charge in [0.1, 0.15) is 6.54 Å². The van der Waals surface area contributed by atoms with E-state index < -0.39 is 5.97 Å². The van der Waals surface area contributed by atoms with Crippen molar-refractivity contribution in [3.63, 3.8) is 0 Å². The molecular weight excluding hydrogens is 144 g/mol. The fraction of sp³-hybridized carbons (Fsp3) is 0.714. The van der Waals surface area contributed by atoms with Gasteiger partial charge in [0.05, 0.1) is 13.1 Å². The molecule has 0 saturated heterocycles. The molecule has 11 heavy (non-hydrogen) atoms. The Morgan fingerprint density at radius 2 is 2.55 bits per heavy atom. The highest BCUT2D eigenvalue weighted by Gasteiger charge is 2.29. The van der Waals surface area contributed by atoms with E-state index in [0.29, 0.717) is 4.48 Å². The summed E-state index contributed by atoms with van der Waals surface area (Å²) >= 11 is 0. The molecule has 0 amide bonds. The zero-order chi connectivity index (χ0) is 8.32. The van der Waals surface area contributed by atoms with Crippen molar-refractivity contribution in [2.24, 2.45) is 4.99 Å². The van der Waals surface area contributed by atoms with Gasteiger partial charge in [-0.2, -0.15) is 0 Å². The maximum absolute atomic E-state index is 10.4. The molecule has 0 aromatic rings. The zero-order valence-corrected chi connectivity index (χ0v) is 6.66. The largest absolute Gasteiger partial charge is 0.477 e. The van der Waals surface area contributed by atoms with Crippen molar-refractivity contribution in [3.05, 3.63) is 0 Å². The summed E-state index contributed by atoms with van der Waals surface area (Å²) in [6.07, 6.45) is 1.76. The van der Waals surface area contributed by atoms with Gasteiger partial charge in [-0.15, -0.1) is 0 Å². The summed E-state index contributed by atoms with van der Waals surface area (Å²) in [4.78, 5) is 14.5. The molecular formula is C7H13N2O2+. The second kappa shape index (κ2) is 3.00. The van der Waals surface area contributed by atoms with E-state index in [9.17, 15) is 4.79 Å². The van der Waals surface area contributed by atoms with Crippen LogP contribution in [-0.2, 0) is 4.79 Å². The van der Waals surface area contributed by atoms with Crippen LogP contribution in [0.1, 0.15) is 6.92 Å². The van der Waals surface area contributed by atoms with Crippen LogP contribution < -0.4 is 0 Å². The van der Waals surface area contributed by atoms with Crippen LogP contribution in [0.5, 0.6) is 0 Å². The van der Waals surface area contributed by atoms with Crippen molar-refractivity contribution in [2.75, 3.05) is 26.2 Å². The van der Waals surface area contributed by atoms with Gasteiger partial charge in [0.2, 0.25) is 0 Å². The molecule has 4 heteroatoms. The number of carbonyl (C=O) groups is 1. The molecule has 1 unspecified atom stereocenters. The van der Waals surface area contributed by atoms with Crippen LogP contribution in [0.4, 0.5) is 0 Å². The van der Waals surface area contributed by atoms with Crippen molar-refractivity contribution in [3.8, 4) is 0 Å². The predicted molar refractivity (Wildman–Crippen MR) is 41.5 cm³/mol. The molecule has 1 aliphatic heterocycles. The summed E-state index contributed by atoms with van der Waals surface area (Å²) in [7, 11) is 0. The third-order valence-corrected chi connectivity index (χ3v) is 2.08. The van der Waals surface area contributed by atoms with Gasteiger partial charge in [0, 0.05) is 0 Å². The van der Waals surface area contributed by atoms with Crippen LogP contribution >= 0.6 is 0 Å². The normalized spacial score (nSPS) is 29.2. The lowest BCUT2D eigenvalue weighted by molar-refractivity contribution is -0.818. The summed E-state index contributed by atoms with van der Waals surface area (Å²) < 4.78 is 0.509. The highest BCUT2D eigenvalue weighted by molar-refractivity contribution is 5.69. The molecule has 0 saturated carbocycles. The number of quaternary nitrogens is 1. The van der Waals surface area contributed by atoms with Crippen LogP contribution in [0.15, 0.2) is 4.99 Å². The van der Waals surface area contributed by atoms with Crippen LogP contribution in [0.2, 0.25) is 0 Å². The molecule has 1 rings (SSSR count). The quantitative estimate of drug-likeness (QED) is 0.584. The second-order valence-corrected chi connectivity index (χ2v) is 2.83. The van der Waals surface area contributed by atoms with Crippen molar-refractivity contribution in [1.82, 2.24) is 0 Å². The highest BCUT2D eigenvalue weighted by Crippen LogP contribution is 2.07. The molecule has 1 N–H and O–H groups in total. The molecule has 62 valence electrons. The Kier molecular flexibility index (Phi) is 2.24. The fourth-order valence-electron chi connectivity index (χ4n) is 1.29. The maximum atomic E-state index is 10.4. The molecule has 0 radical (unpaired) electrons. The Morgan fingerprint density at radius 3 is 2.91 bits per heavy atom. The Morgan fingerprint density at radius 1 is 1.82 bits per heavy atom. The first-order valence-corrected chi connectivity index (χ1v) is 3.77. The minimum atomic E-state index is -0.750. The number of carboxylic acid groups (broad SMARTS) is 1. The van der Waals surface area contributed by atoms with Gasteiger partial charge in [-0.25, -0.2) is 9.79 Å². The van der Waals surface area contributed by atoms with Crippen molar-refractivity contribution >= 4 is 12.3 Å².